The Morgan fingerprint density at radius 1 is 0.883 bits per heavy atom. The molecule has 2 fully saturated rings. The fraction of sp³-hybridized carbons (Fsp3) is 0.467. The number of nitrogens with one attached hydrogen (secondary N) is 4. The summed E-state index contributed by atoms with van der Waals surface area (Å²) >= 11 is 0. The molecule has 3 aliphatic heterocycles. The monoisotopic (exact) mass is 818 g/mol. The molecule has 5 atom stereocenters. The van der Waals surface area contributed by atoms with E-state index in [4.69, 9.17) is 24.2 Å². The number of aromatic amines is 2. The summed E-state index contributed by atoms with van der Waals surface area (Å²) in [6.07, 6.45) is 3.69. The minimum atomic E-state index is -0.755. The predicted octanol–water partition coefficient (Wildman–Crippen LogP) is 7.53. The molecule has 0 spiro atoms. The van der Waals surface area contributed by atoms with Crippen molar-refractivity contribution in [3.63, 3.8) is 0 Å². The Bertz CT molecular complexity index is 2480. The molecule has 60 heavy (non-hydrogen) atoms. The van der Waals surface area contributed by atoms with Gasteiger partial charge < -0.3 is 44.6 Å². The van der Waals surface area contributed by atoms with Gasteiger partial charge in [0.05, 0.1) is 49.2 Å². The third kappa shape index (κ3) is 7.38. The number of benzene rings is 3. The molecule has 5 aromatic rings. The standard InChI is InChI=1S/C45H54N8O7/c1-23(2)36(50-43(56)58-7)41(54)53-24(3)11-16-34(53)40-47-31-15-13-25-19-30-28-14-12-26(18-27(28)22-60-35(30)20-29(25)37(31)49-40)32-21-46-39(48-32)33-10-9-17-52(33)42(55)38(45(4,5)6)51-44(57)59-8/h12-15,18-21,23-24,33-34,36,38H,9-11,16-17,22H2,1-8H3,(H,46,48)(H,47,49)(H,50,56)(H,51,57)/t24-,33-,34-,36-,38?/m0/s1. The number of carbonyl (C=O) groups is 4. The fourth-order valence-corrected chi connectivity index (χ4v) is 9.07. The maximum absolute atomic E-state index is 14.0. The van der Waals surface area contributed by atoms with Crippen LogP contribution in [0.1, 0.15) is 96.5 Å². The van der Waals surface area contributed by atoms with Gasteiger partial charge in [-0.25, -0.2) is 19.6 Å². The van der Waals surface area contributed by atoms with Crippen molar-refractivity contribution in [1.29, 1.82) is 0 Å². The lowest BCUT2D eigenvalue weighted by Crippen LogP contribution is -2.54. The van der Waals surface area contributed by atoms with E-state index in [1.165, 1.54) is 14.2 Å². The Morgan fingerprint density at radius 2 is 1.65 bits per heavy atom. The van der Waals surface area contributed by atoms with Crippen molar-refractivity contribution < 1.29 is 33.4 Å². The van der Waals surface area contributed by atoms with E-state index < -0.39 is 29.7 Å². The average Bonchev–Trinajstić information content (AvgIpc) is 4.06. The summed E-state index contributed by atoms with van der Waals surface area (Å²) in [6.45, 7) is 12.6. The number of imidazole rings is 2. The summed E-state index contributed by atoms with van der Waals surface area (Å²) in [7, 11) is 2.59. The highest BCUT2D eigenvalue weighted by molar-refractivity contribution is 6.07. The normalized spacial score (nSPS) is 19.8. The van der Waals surface area contributed by atoms with Gasteiger partial charge >= 0.3 is 12.2 Å². The Balaban J connectivity index is 1.04. The van der Waals surface area contributed by atoms with E-state index in [-0.39, 0.29) is 35.9 Å². The summed E-state index contributed by atoms with van der Waals surface area (Å²) in [5.74, 6) is 1.74. The average molecular weight is 819 g/mol. The van der Waals surface area contributed by atoms with Gasteiger partial charge in [0.15, 0.2) is 0 Å². The molecule has 3 aliphatic rings. The van der Waals surface area contributed by atoms with Crippen LogP contribution in [-0.2, 0) is 25.7 Å². The molecule has 0 radical (unpaired) electrons. The van der Waals surface area contributed by atoms with E-state index in [1.54, 1.807) is 0 Å². The topological polar surface area (TPSA) is 184 Å². The maximum atomic E-state index is 14.0. The molecule has 15 nitrogen and oxygen atoms in total. The van der Waals surface area contributed by atoms with Crippen LogP contribution in [-0.4, -0.2) is 92.6 Å². The van der Waals surface area contributed by atoms with E-state index >= 15 is 0 Å². The van der Waals surface area contributed by atoms with Crippen LogP contribution in [0, 0.1) is 11.3 Å². The molecule has 4 N–H and O–H groups in total. The summed E-state index contributed by atoms with van der Waals surface area (Å²) in [6, 6.07) is 12.6. The summed E-state index contributed by atoms with van der Waals surface area (Å²) < 4.78 is 16.1. The maximum Gasteiger partial charge on any atom is 0.407 e. The highest BCUT2D eigenvalue weighted by Crippen LogP contribution is 2.44. The van der Waals surface area contributed by atoms with E-state index in [2.05, 4.69) is 57.0 Å². The molecule has 2 aromatic heterocycles. The number of fused-ring (bicyclic) bond motifs is 6. The third-order valence-electron chi connectivity index (χ3n) is 12.3. The zero-order chi connectivity index (χ0) is 42.6. The van der Waals surface area contributed by atoms with Crippen LogP contribution in [0.4, 0.5) is 9.59 Å². The SMILES string of the molecule is COC(=O)NC(C(=O)N1CCC[C@H]1c1ncc(-c2ccc3c(c2)COc2cc4c(ccc5[nH]c([C@@H]6CC[C@H](C)N6C(=O)[C@@H](NC(=O)OC)C(C)C)nc54)cc2-3)[nH]1)C(C)(C)C. The second kappa shape index (κ2) is 15.8. The smallest absolute Gasteiger partial charge is 0.407 e. The number of H-pyrrole nitrogens is 2. The number of alkyl carbamates (subject to hydrolysis) is 2. The lowest BCUT2D eigenvalue weighted by molar-refractivity contribution is -0.138. The molecule has 15 heteroatoms. The number of hydrogen-bond donors (Lipinski definition) is 4. The molecule has 4 amide bonds. The van der Waals surface area contributed by atoms with Crippen LogP contribution in [0.15, 0.2) is 48.7 Å². The highest BCUT2D eigenvalue weighted by Gasteiger charge is 2.43. The summed E-state index contributed by atoms with van der Waals surface area (Å²) in [5.41, 5.74) is 6.06. The molecule has 316 valence electrons. The molecular formula is C45H54N8O7. The molecule has 8 rings (SSSR count). The molecule has 0 bridgehead atoms. The molecular weight excluding hydrogens is 765 g/mol. The lowest BCUT2D eigenvalue weighted by Gasteiger charge is -2.35. The van der Waals surface area contributed by atoms with Crippen LogP contribution in [0.2, 0.25) is 0 Å². The van der Waals surface area contributed by atoms with Gasteiger partial charge in [-0.2, -0.15) is 0 Å². The first-order valence-electron chi connectivity index (χ1n) is 20.8. The van der Waals surface area contributed by atoms with Gasteiger partial charge in [-0.3, -0.25) is 9.59 Å². The minimum Gasteiger partial charge on any atom is -0.488 e. The van der Waals surface area contributed by atoms with Crippen LogP contribution in [0.5, 0.6) is 5.75 Å². The van der Waals surface area contributed by atoms with E-state index in [0.29, 0.717) is 24.8 Å². The van der Waals surface area contributed by atoms with E-state index in [1.807, 2.05) is 63.6 Å². The van der Waals surface area contributed by atoms with Crippen LogP contribution >= 0.6 is 0 Å². The van der Waals surface area contributed by atoms with Crippen molar-refractivity contribution in [1.82, 2.24) is 40.4 Å². The number of rotatable bonds is 8. The highest BCUT2D eigenvalue weighted by atomic mass is 16.5. The number of methoxy groups -OCH3 is 2. The third-order valence-corrected chi connectivity index (χ3v) is 12.3. The number of hydrogen-bond acceptors (Lipinski definition) is 9. The quantitative estimate of drug-likeness (QED) is 0.123. The Labute approximate surface area is 348 Å². The van der Waals surface area contributed by atoms with Gasteiger partial charge in [0, 0.05) is 23.5 Å². The Hall–Kier alpha value is -6.12. The van der Waals surface area contributed by atoms with Gasteiger partial charge in [0.2, 0.25) is 11.8 Å². The number of amides is 4. The number of carbonyl (C=O) groups excluding carboxylic acids is 4. The van der Waals surface area contributed by atoms with Crippen LogP contribution in [0.25, 0.3) is 44.2 Å². The van der Waals surface area contributed by atoms with Gasteiger partial charge in [-0.1, -0.05) is 52.8 Å². The van der Waals surface area contributed by atoms with Crippen molar-refractivity contribution in [2.75, 3.05) is 20.8 Å². The number of aromatic nitrogens is 4. The van der Waals surface area contributed by atoms with Crippen molar-refractivity contribution in [2.45, 2.75) is 104 Å². The Kier molecular flexibility index (Phi) is 10.7. The zero-order valence-electron chi connectivity index (χ0n) is 35.5. The summed E-state index contributed by atoms with van der Waals surface area (Å²) in [5, 5.41) is 7.44. The zero-order valence-corrected chi connectivity index (χ0v) is 35.5. The molecule has 2 saturated heterocycles. The molecule has 5 heterocycles. The molecule has 1 unspecified atom stereocenters. The van der Waals surface area contributed by atoms with Gasteiger partial charge in [-0.05, 0) is 90.3 Å². The fourth-order valence-electron chi connectivity index (χ4n) is 9.07. The van der Waals surface area contributed by atoms with Gasteiger partial charge in [0.25, 0.3) is 0 Å². The van der Waals surface area contributed by atoms with Gasteiger partial charge in [-0.15, -0.1) is 0 Å². The predicted molar refractivity (Wildman–Crippen MR) is 226 cm³/mol. The van der Waals surface area contributed by atoms with Crippen molar-refractivity contribution in [3.8, 4) is 28.1 Å². The largest absolute Gasteiger partial charge is 0.488 e. The van der Waals surface area contributed by atoms with Crippen LogP contribution in [0.3, 0.4) is 0 Å². The van der Waals surface area contributed by atoms with E-state index in [0.717, 1.165) is 81.2 Å². The lowest BCUT2D eigenvalue weighted by atomic mass is 9.85. The van der Waals surface area contributed by atoms with E-state index in [9.17, 15) is 19.2 Å². The first-order valence-corrected chi connectivity index (χ1v) is 20.8. The Morgan fingerprint density at radius 3 is 2.38 bits per heavy atom. The molecule has 0 aliphatic carbocycles. The van der Waals surface area contributed by atoms with Crippen molar-refractivity contribution in [3.05, 3.63) is 65.9 Å². The summed E-state index contributed by atoms with van der Waals surface area (Å²) in [4.78, 5) is 72.7. The van der Waals surface area contributed by atoms with Crippen molar-refractivity contribution in [2.24, 2.45) is 11.3 Å². The molecule has 0 saturated carbocycles. The first kappa shape index (κ1) is 40.7. The second-order valence-corrected chi connectivity index (χ2v) is 17.7. The number of likely N-dealkylation sites (tertiary alicyclic amines) is 2. The number of ether oxygens (including phenoxy) is 3. The number of nitrogens with zero attached hydrogens (tertiary/aromatic N) is 4. The van der Waals surface area contributed by atoms with Gasteiger partial charge in [0.1, 0.15) is 36.1 Å². The molecule has 3 aromatic carbocycles. The minimum absolute atomic E-state index is 0.0255. The first-order chi connectivity index (χ1) is 28.7. The van der Waals surface area contributed by atoms with Crippen LogP contribution < -0.4 is 15.4 Å². The second-order valence-electron chi connectivity index (χ2n) is 17.7. The van der Waals surface area contributed by atoms with Crippen molar-refractivity contribution >= 4 is 45.8 Å².